The number of nitrogen functional groups attached to an aromatic ring is 1. The van der Waals surface area contributed by atoms with E-state index in [9.17, 15) is 9.59 Å². The molecule has 4 atom stereocenters. The molecule has 0 spiro atoms. The van der Waals surface area contributed by atoms with Crippen molar-refractivity contribution in [3.05, 3.63) is 42.2 Å². The van der Waals surface area contributed by atoms with Crippen LogP contribution in [-0.2, 0) is 30.2 Å². The van der Waals surface area contributed by atoms with E-state index in [0.717, 1.165) is 5.56 Å². The summed E-state index contributed by atoms with van der Waals surface area (Å²) in [5.41, 5.74) is 4.97. The summed E-state index contributed by atoms with van der Waals surface area (Å²) in [5.74, 6) is -0.799. The smallest absolute Gasteiger partial charge is 0.310 e. The lowest BCUT2D eigenvalue weighted by atomic mass is 9.98. The van der Waals surface area contributed by atoms with Crippen molar-refractivity contribution in [2.45, 2.75) is 50.8 Å². The molecule has 35 heavy (non-hydrogen) atoms. The van der Waals surface area contributed by atoms with Crippen LogP contribution in [-0.4, -0.2) is 63.0 Å². The number of halogens is 1. The average molecular weight is 487 g/mol. The van der Waals surface area contributed by atoms with Gasteiger partial charge in [-0.2, -0.15) is 9.97 Å². The third-order valence-electron chi connectivity index (χ3n) is 5.76. The molecule has 0 bridgehead atoms. The van der Waals surface area contributed by atoms with Crippen LogP contribution < -0.4 is 11.1 Å². The second kappa shape index (κ2) is 9.82. The number of esters is 2. The van der Waals surface area contributed by atoms with Crippen molar-refractivity contribution >= 4 is 34.9 Å². The van der Waals surface area contributed by atoms with Gasteiger partial charge in [-0.1, -0.05) is 37.3 Å². The topological polar surface area (TPSA) is 143 Å². The Morgan fingerprint density at radius 1 is 1.26 bits per heavy atom. The zero-order valence-electron chi connectivity index (χ0n) is 19.6. The van der Waals surface area contributed by atoms with Gasteiger partial charge in [-0.15, -0.1) is 0 Å². The predicted octanol–water partition coefficient (Wildman–Crippen LogP) is 2.18. The molecule has 0 saturated carbocycles. The number of carbonyl (C=O) groups excluding carboxylic acids is 2. The highest BCUT2D eigenvalue weighted by atomic mass is 19.1. The molecular formula is C23H27FN6O5. The van der Waals surface area contributed by atoms with Gasteiger partial charge in [-0.05, 0) is 12.5 Å². The van der Waals surface area contributed by atoms with Crippen LogP contribution in [0.25, 0.3) is 11.2 Å². The highest BCUT2D eigenvalue weighted by Crippen LogP contribution is 2.44. The first-order valence-corrected chi connectivity index (χ1v) is 11.2. The molecule has 3 unspecified atom stereocenters. The van der Waals surface area contributed by atoms with Crippen molar-refractivity contribution < 1.29 is 28.2 Å². The summed E-state index contributed by atoms with van der Waals surface area (Å²) >= 11 is 0. The van der Waals surface area contributed by atoms with Gasteiger partial charge in [0, 0.05) is 13.5 Å². The minimum Gasteiger partial charge on any atom is -0.463 e. The lowest BCUT2D eigenvalue weighted by molar-refractivity contribution is -0.160. The van der Waals surface area contributed by atoms with Gasteiger partial charge >= 0.3 is 11.9 Å². The Labute approximate surface area is 200 Å². The van der Waals surface area contributed by atoms with E-state index in [2.05, 4.69) is 20.3 Å². The Kier molecular flexibility index (Phi) is 6.83. The Hall–Kier alpha value is -3.80. The lowest BCUT2D eigenvalue weighted by Crippen LogP contribution is -2.44. The molecular weight excluding hydrogens is 459 g/mol. The van der Waals surface area contributed by atoms with Gasteiger partial charge in [-0.3, -0.25) is 14.2 Å². The number of rotatable bonds is 8. The molecule has 1 saturated heterocycles. The van der Waals surface area contributed by atoms with Crippen molar-refractivity contribution in [3.63, 3.8) is 0 Å². The van der Waals surface area contributed by atoms with Gasteiger partial charge in [0.15, 0.2) is 35.0 Å². The first-order valence-electron chi connectivity index (χ1n) is 11.2. The van der Waals surface area contributed by atoms with E-state index < -0.39 is 36.0 Å². The normalized spacial score (nSPS) is 23.8. The first-order chi connectivity index (χ1) is 16.7. The van der Waals surface area contributed by atoms with Crippen LogP contribution in [0.4, 0.5) is 16.2 Å². The molecule has 12 heteroatoms. The van der Waals surface area contributed by atoms with E-state index in [-0.39, 0.29) is 31.0 Å². The zero-order valence-corrected chi connectivity index (χ0v) is 19.6. The highest BCUT2D eigenvalue weighted by molar-refractivity contribution is 5.84. The van der Waals surface area contributed by atoms with Gasteiger partial charge in [0.1, 0.15) is 12.7 Å². The third-order valence-corrected chi connectivity index (χ3v) is 5.76. The lowest BCUT2D eigenvalue weighted by Gasteiger charge is -2.27. The van der Waals surface area contributed by atoms with Gasteiger partial charge in [-0.25, -0.2) is 9.37 Å². The van der Waals surface area contributed by atoms with Crippen molar-refractivity contribution in [2.24, 2.45) is 0 Å². The maximum Gasteiger partial charge on any atom is 0.310 e. The molecule has 2 aromatic heterocycles. The van der Waals surface area contributed by atoms with Crippen LogP contribution in [0.1, 0.15) is 32.1 Å². The third kappa shape index (κ3) is 4.87. The highest BCUT2D eigenvalue weighted by Gasteiger charge is 2.58. The number of carbonyl (C=O) groups is 2. The van der Waals surface area contributed by atoms with Crippen LogP contribution in [0.15, 0.2) is 36.7 Å². The number of anilines is 2. The van der Waals surface area contributed by atoms with Crippen molar-refractivity contribution in [3.8, 4) is 0 Å². The maximum atomic E-state index is 16.3. The minimum absolute atomic E-state index is 0.0393. The van der Waals surface area contributed by atoms with Crippen molar-refractivity contribution in [2.75, 3.05) is 24.7 Å². The fourth-order valence-corrected chi connectivity index (χ4v) is 4.02. The number of fused-ring (bicyclic) bond motifs is 1. The fraction of sp³-hybridized carbons (Fsp3) is 0.435. The molecule has 1 fully saturated rings. The van der Waals surface area contributed by atoms with E-state index in [1.54, 1.807) is 26.1 Å². The Balaban J connectivity index is 1.60. The van der Waals surface area contributed by atoms with Gasteiger partial charge in [0.2, 0.25) is 5.95 Å². The summed E-state index contributed by atoms with van der Waals surface area (Å²) in [7, 11) is 1.64. The van der Waals surface area contributed by atoms with E-state index in [1.165, 1.54) is 17.8 Å². The second-order valence-electron chi connectivity index (χ2n) is 8.29. The van der Waals surface area contributed by atoms with E-state index in [0.29, 0.717) is 11.3 Å². The van der Waals surface area contributed by atoms with Crippen LogP contribution in [0, 0.1) is 0 Å². The second-order valence-corrected chi connectivity index (χ2v) is 8.29. The standard InChI is InChI=1S/C23H27FN6O5/c1-4-15(31)35-18-14(11-33-16(32)10-13-8-6-5-7-9-13)34-21(23(18,2)24)30-12-27-17-19(26-3)28-22(25)29-20(17)30/h5-9,12,14,18,21H,4,10-11H2,1-3H3,(H3,25,26,28,29)/t14-,18?,21?,23?/m1/s1. The van der Waals surface area contributed by atoms with E-state index in [4.69, 9.17) is 19.9 Å². The molecule has 3 aromatic rings. The number of ether oxygens (including phenoxy) is 3. The first kappa shape index (κ1) is 24.3. The fourth-order valence-electron chi connectivity index (χ4n) is 4.02. The number of imidazole rings is 1. The molecule has 0 aliphatic carbocycles. The molecule has 11 nitrogen and oxygen atoms in total. The molecule has 1 aliphatic heterocycles. The summed E-state index contributed by atoms with van der Waals surface area (Å²) in [6.45, 7) is 2.55. The minimum atomic E-state index is -2.21. The number of hydrogen-bond donors (Lipinski definition) is 2. The Bertz CT molecular complexity index is 1220. The van der Waals surface area contributed by atoms with Crippen molar-refractivity contribution in [1.82, 2.24) is 19.5 Å². The largest absolute Gasteiger partial charge is 0.463 e. The van der Waals surface area contributed by atoms with Crippen LogP contribution in [0.2, 0.25) is 0 Å². The van der Waals surface area contributed by atoms with Crippen LogP contribution in [0.3, 0.4) is 0 Å². The van der Waals surface area contributed by atoms with Crippen LogP contribution >= 0.6 is 0 Å². The number of nitrogens with one attached hydrogen (secondary N) is 1. The summed E-state index contributed by atoms with van der Waals surface area (Å²) in [4.78, 5) is 37.0. The van der Waals surface area contributed by atoms with E-state index in [1.807, 2.05) is 18.2 Å². The summed E-state index contributed by atoms with van der Waals surface area (Å²) in [6.07, 6.45) is -2.26. The van der Waals surface area contributed by atoms with E-state index >= 15 is 4.39 Å². The number of nitrogens with two attached hydrogens (primary N) is 1. The monoisotopic (exact) mass is 486 g/mol. The molecule has 186 valence electrons. The molecule has 1 aliphatic rings. The maximum absolute atomic E-state index is 16.3. The quantitative estimate of drug-likeness (QED) is 0.455. The molecule has 1 aromatic carbocycles. The number of alkyl halides is 1. The zero-order chi connectivity index (χ0) is 25.2. The number of hydrogen-bond acceptors (Lipinski definition) is 10. The molecule has 3 N–H and O–H groups in total. The predicted molar refractivity (Wildman–Crippen MR) is 124 cm³/mol. The Morgan fingerprint density at radius 3 is 2.69 bits per heavy atom. The molecule has 4 rings (SSSR count). The van der Waals surface area contributed by atoms with Crippen LogP contribution in [0.5, 0.6) is 0 Å². The molecule has 3 heterocycles. The van der Waals surface area contributed by atoms with Gasteiger partial charge in [0.25, 0.3) is 0 Å². The van der Waals surface area contributed by atoms with Crippen molar-refractivity contribution in [1.29, 1.82) is 0 Å². The SMILES string of the molecule is CCC(=O)OC1[C@@H](COC(=O)Cc2ccccc2)OC(n2cnc3c(NC)nc(N)nc32)C1(C)F. The Morgan fingerprint density at radius 2 is 2.00 bits per heavy atom. The average Bonchev–Trinajstić information content (AvgIpc) is 3.35. The summed E-state index contributed by atoms with van der Waals surface area (Å²) in [5, 5.41) is 2.87. The number of aromatic nitrogens is 4. The molecule has 0 amide bonds. The summed E-state index contributed by atoms with van der Waals surface area (Å²) in [6, 6.07) is 9.06. The molecule has 0 radical (unpaired) electrons. The number of benzene rings is 1. The van der Waals surface area contributed by atoms with Gasteiger partial charge in [0.05, 0.1) is 12.7 Å². The number of nitrogens with zero attached hydrogens (tertiary/aromatic N) is 4. The van der Waals surface area contributed by atoms with Gasteiger partial charge < -0.3 is 25.3 Å². The summed E-state index contributed by atoms with van der Waals surface area (Å²) < 4.78 is 34.4.